The van der Waals surface area contributed by atoms with Crippen LogP contribution in [-0.2, 0) is 0 Å². The highest BCUT2D eigenvalue weighted by molar-refractivity contribution is 9.10. The van der Waals surface area contributed by atoms with Crippen LogP contribution in [0.25, 0.3) is 10.8 Å². The van der Waals surface area contributed by atoms with Crippen molar-refractivity contribution in [3.05, 3.63) is 111 Å². The van der Waals surface area contributed by atoms with E-state index in [4.69, 9.17) is 9.84 Å². The molecular weight excluding hydrogens is 516 g/mol. The van der Waals surface area contributed by atoms with Crippen molar-refractivity contribution >= 4 is 48.3 Å². The third kappa shape index (κ3) is 3.36. The number of hydrazone groups is 1. The van der Waals surface area contributed by atoms with Crippen LogP contribution in [-0.4, -0.2) is 10.7 Å². The highest BCUT2D eigenvalue weighted by Crippen LogP contribution is 2.48. The lowest BCUT2D eigenvalue weighted by Crippen LogP contribution is -2.33. The smallest absolute Gasteiger partial charge is 0.213 e. The summed E-state index contributed by atoms with van der Waals surface area (Å²) in [4.78, 5) is 0. The minimum Gasteiger partial charge on any atom is -0.464 e. The molecule has 0 bridgehead atoms. The highest BCUT2D eigenvalue weighted by Gasteiger charge is 2.41. The zero-order valence-corrected chi connectivity index (χ0v) is 19.7. The number of hydrogen-bond donors (Lipinski definition) is 0. The average molecular weight is 534 g/mol. The van der Waals surface area contributed by atoms with Gasteiger partial charge in [0.2, 0.25) is 6.23 Å². The molecule has 0 saturated heterocycles. The first-order valence-electron chi connectivity index (χ1n) is 10.2. The molecule has 0 saturated carbocycles. The molecular formula is C26H18Br2N2O. The average Bonchev–Trinajstić information content (AvgIpc) is 3.24. The van der Waals surface area contributed by atoms with E-state index in [0.29, 0.717) is 0 Å². The second kappa shape index (κ2) is 7.50. The van der Waals surface area contributed by atoms with Gasteiger partial charge in [-0.3, -0.25) is 0 Å². The predicted octanol–water partition coefficient (Wildman–Crippen LogP) is 7.61. The van der Waals surface area contributed by atoms with E-state index in [1.807, 2.05) is 18.2 Å². The van der Waals surface area contributed by atoms with Gasteiger partial charge >= 0.3 is 0 Å². The molecule has 3 nitrogen and oxygen atoms in total. The van der Waals surface area contributed by atoms with Crippen molar-refractivity contribution in [1.29, 1.82) is 0 Å². The van der Waals surface area contributed by atoms with Gasteiger partial charge in [0.25, 0.3) is 0 Å². The largest absolute Gasteiger partial charge is 0.464 e. The fourth-order valence-electron chi connectivity index (χ4n) is 4.48. The van der Waals surface area contributed by atoms with Gasteiger partial charge in [0.15, 0.2) is 0 Å². The maximum atomic E-state index is 6.47. The molecule has 2 atom stereocenters. The van der Waals surface area contributed by atoms with Crippen molar-refractivity contribution in [1.82, 2.24) is 5.01 Å². The summed E-state index contributed by atoms with van der Waals surface area (Å²) in [5, 5.41) is 9.70. The number of rotatable bonds is 2. The summed E-state index contributed by atoms with van der Waals surface area (Å²) in [5.74, 6) is 0.921. The van der Waals surface area contributed by atoms with Crippen molar-refractivity contribution in [2.45, 2.75) is 18.7 Å². The van der Waals surface area contributed by atoms with E-state index in [1.54, 1.807) is 0 Å². The lowest BCUT2D eigenvalue weighted by Gasteiger charge is -2.38. The molecule has 0 spiro atoms. The summed E-state index contributed by atoms with van der Waals surface area (Å²) >= 11 is 7.22. The number of halogens is 2. The van der Waals surface area contributed by atoms with Gasteiger partial charge in [0, 0.05) is 26.5 Å². The monoisotopic (exact) mass is 532 g/mol. The Hall–Kier alpha value is -2.63. The molecule has 5 heteroatoms. The minimum absolute atomic E-state index is 0.131. The van der Waals surface area contributed by atoms with Crippen LogP contribution in [0, 0.1) is 0 Å². The SMILES string of the molecule is Brc1cccc([C@H]2Oc3ccc(Br)cc3[C@H]3CC(c4ccc5ccccc5c4)=NN32)c1. The Morgan fingerprint density at radius 3 is 2.52 bits per heavy atom. The van der Waals surface area contributed by atoms with Crippen LogP contribution >= 0.6 is 31.9 Å². The first-order chi connectivity index (χ1) is 15.2. The molecule has 2 heterocycles. The van der Waals surface area contributed by atoms with Gasteiger partial charge in [0.1, 0.15) is 5.75 Å². The lowest BCUT2D eigenvalue weighted by molar-refractivity contribution is -0.0191. The number of benzene rings is 4. The summed E-state index contributed by atoms with van der Waals surface area (Å²) in [6.07, 6.45) is 0.574. The molecule has 0 unspecified atom stereocenters. The zero-order valence-electron chi connectivity index (χ0n) is 16.5. The second-order valence-electron chi connectivity index (χ2n) is 7.92. The van der Waals surface area contributed by atoms with Crippen LogP contribution in [0.15, 0.2) is 99.0 Å². The molecule has 6 rings (SSSR count). The summed E-state index contributed by atoms with van der Waals surface area (Å²) in [5.41, 5.74) is 4.50. The first kappa shape index (κ1) is 19.1. The van der Waals surface area contributed by atoms with Gasteiger partial charge in [0.05, 0.1) is 11.8 Å². The fourth-order valence-corrected chi connectivity index (χ4v) is 5.28. The molecule has 0 N–H and O–H groups in total. The highest BCUT2D eigenvalue weighted by atomic mass is 79.9. The third-order valence-corrected chi connectivity index (χ3v) is 6.95. The van der Waals surface area contributed by atoms with Crippen molar-refractivity contribution < 1.29 is 4.74 Å². The summed E-state index contributed by atoms with van der Waals surface area (Å²) in [7, 11) is 0. The van der Waals surface area contributed by atoms with Crippen LogP contribution in [0.2, 0.25) is 0 Å². The molecule has 0 fully saturated rings. The van der Waals surface area contributed by atoms with E-state index in [1.165, 1.54) is 16.3 Å². The predicted molar refractivity (Wildman–Crippen MR) is 131 cm³/mol. The molecule has 2 aliphatic rings. The number of nitrogens with zero attached hydrogens (tertiary/aromatic N) is 2. The van der Waals surface area contributed by atoms with Gasteiger partial charge in [-0.05, 0) is 52.7 Å². The van der Waals surface area contributed by atoms with Crippen molar-refractivity contribution in [2.24, 2.45) is 5.10 Å². The van der Waals surface area contributed by atoms with Crippen molar-refractivity contribution in [3.8, 4) is 5.75 Å². The van der Waals surface area contributed by atoms with Gasteiger partial charge in [-0.25, -0.2) is 5.01 Å². The molecule has 152 valence electrons. The Morgan fingerprint density at radius 1 is 0.806 bits per heavy atom. The van der Waals surface area contributed by atoms with Crippen LogP contribution < -0.4 is 4.74 Å². The standard InChI is InChI=1S/C26H18Br2N2O/c27-20-7-3-6-19(13-20)26-30-24(22-14-21(28)10-11-25(22)31-26)15-23(29-30)18-9-8-16-4-1-2-5-17(16)12-18/h1-14,24,26H,15H2/t24-,26-/m1/s1. The molecule has 4 aromatic carbocycles. The molecule has 0 amide bonds. The number of fused-ring (bicyclic) bond motifs is 4. The number of ether oxygens (including phenoxy) is 1. The van der Waals surface area contributed by atoms with Gasteiger partial charge in [-0.1, -0.05) is 80.4 Å². The van der Waals surface area contributed by atoms with E-state index < -0.39 is 0 Å². The third-order valence-electron chi connectivity index (χ3n) is 5.97. The van der Waals surface area contributed by atoms with Crippen LogP contribution in [0.3, 0.4) is 0 Å². The normalized spacial score (nSPS) is 19.5. The topological polar surface area (TPSA) is 24.8 Å². The summed E-state index contributed by atoms with van der Waals surface area (Å²) in [6, 6.07) is 29.7. The molecule has 0 radical (unpaired) electrons. The molecule has 0 aromatic heterocycles. The van der Waals surface area contributed by atoms with E-state index in [0.717, 1.165) is 38.0 Å². The van der Waals surface area contributed by atoms with Crippen LogP contribution in [0.4, 0.5) is 0 Å². The second-order valence-corrected chi connectivity index (χ2v) is 9.75. The molecule has 4 aromatic rings. The zero-order chi connectivity index (χ0) is 20.9. The minimum atomic E-state index is -0.269. The van der Waals surface area contributed by atoms with Crippen molar-refractivity contribution in [3.63, 3.8) is 0 Å². The quantitative estimate of drug-likeness (QED) is 0.265. The summed E-state index contributed by atoms with van der Waals surface area (Å²) in [6.45, 7) is 0. The van der Waals surface area contributed by atoms with Crippen LogP contribution in [0.5, 0.6) is 5.75 Å². The maximum Gasteiger partial charge on any atom is 0.213 e. The molecule has 2 aliphatic heterocycles. The van der Waals surface area contributed by atoms with Gasteiger partial charge in [-0.2, -0.15) is 5.10 Å². The Labute approximate surface area is 197 Å². The Morgan fingerprint density at radius 2 is 1.65 bits per heavy atom. The molecule has 0 aliphatic carbocycles. The first-order valence-corrected chi connectivity index (χ1v) is 11.8. The van der Waals surface area contributed by atoms with Crippen molar-refractivity contribution in [2.75, 3.05) is 0 Å². The van der Waals surface area contributed by atoms with E-state index >= 15 is 0 Å². The van der Waals surface area contributed by atoms with Gasteiger partial charge in [-0.15, -0.1) is 0 Å². The summed E-state index contributed by atoms with van der Waals surface area (Å²) < 4.78 is 8.56. The van der Waals surface area contributed by atoms with E-state index in [9.17, 15) is 0 Å². The lowest BCUT2D eigenvalue weighted by atomic mass is 9.95. The van der Waals surface area contributed by atoms with E-state index in [-0.39, 0.29) is 12.3 Å². The Balaban J connectivity index is 1.46. The van der Waals surface area contributed by atoms with Crippen LogP contribution in [0.1, 0.15) is 35.4 Å². The Kier molecular flexibility index (Phi) is 4.62. The van der Waals surface area contributed by atoms with Gasteiger partial charge < -0.3 is 4.74 Å². The Bertz CT molecular complexity index is 1350. The number of hydrogen-bond acceptors (Lipinski definition) is 3. The fraction of sp³-hybridized carbons (Fsp3) is 0.115. The van der Waals surface area contributed by atoms with E-state index in [2.05, 4.69) is 104 Å². The molecule has 31 heavy (non-hydrogen) atoms. The maximum absolute atomic E-state index is 6.47.